The van der Waals surface area contributed by atoms with E-state index in [0.717, 1.165) is 31.7 Å². The van der Waals surface area contributed by atoms with Gasteiger partial charge in [-0.2, -0.15) is 0 Å². The Hall–Kier alpha value is -1.09. The first kappa shape index (κ1) is 18.3. The average Bonchev–Trinajstić information content (AvgIpc) is 2.55. The Morgan fingerprint density at radius 1 is 1.22 bits per heavy atom. The molecule has 1 aliphatic rings. The van der Waals surface area contributed by atoms with Crippen molar-refractivity contribution < 1.29 is 9.84 Å². The number of terminal acetylenes is 1. The first-order valence-electron chi connectivity index (χ1n) is 8.02. The van der Waals surface area contributed by atoms with E-state index in [1.54, 1.807) is 0 Å². The summed E-state index contributed by atoms with van der Waals surface area (Å²) in [5.41, 5.74) is 1.06. The quantitative estimate of drug-likeness (QED) is 0.773. The maximum absolute atomic E-state index is 10.2. The molecule has 4 nitrogen and oxygen atoms in total. The number of ether oxygens (including phenoxy) is 1. The predicted octanol–water partition coefficient (Wildman–Crippen LogP) is 2.03. The monoisotopic (exact) mass is 336 g/mol. The van der Waals surface area contributed by atoms with Crippen LogP contribution in [-0.2, 0) is 4.74 Å². The zero-order chi connectivity index (χ0) is 16.7. The summed E-state index contributed by atoms with van der Waals surface area (Å²) in [5.74, 6) is 2.67. The second-order valence-corrected chi connectivity index (χ2v) is 6.40. The number of piperazine rings is 1. The highest BCUT2D eigenvalue weighted by molar-refractivity contribution is 6.30. The Bertz CT molecular complexity index is 507. The lowest BCUT2D eigenvalue weighted by atomic mass is 10.1. The lowest BCUT2D eigenvalue weighted by molar-refractivity contribution is -0.0205. The third kappa shape index (κ3) is 6.14. The predicted molar refractivity (Wildman–Crippen MR) is 93.5 cm³/mol. The molecule has 0 bridgehead atoms. The van der Waals surface area contributed by atoms with Gasteiger partial charge < -0.3 is 9.84 Å². The van der Waals surface area contributed by atoms with Crippen molar-refractivity contribution in [2.24, 2.45) is 0 Å². The Morgan fingerprint density at radius 3 is 2.43 bits per heavy atom. The number of halogens is 1. The second kappa shape index (κ2) is 9.27. The van der Waals surface area contributed by atoms with Crippen LogP contribution in [0.15, 0.2) is 24.3 Å². The molecule has 126 valence electrons. The zero-order valence-electron chi connectivity index (χ0n) is 13.6. The second-order valence-electron chi connectivity index (χ2n) is 5.96. The molecule has 23 heavy (non-hydrogen) atoms. The molecule has 1 aromatic carbocycles. The van der Waals surface area contributed by atoms with Crippen LogP contribution in [0, 0.1) is 12.3 Å². The summed E-state index contributed by atoms with van der Waals surface area (Å²) in [7, 11) is 0. The lowest BCUT2D eigenvalue weighted by Crippen LogP contribution is -2.49. The van der Waals surface area contributed by atoms with Gasteiger partial charge in [0.05, 0.1) is 25.4 Å². The largest absolute Gasteiger partial charge is 0.389 e. The summed E-state index contributed by atoms with van der Waals surface area (Å²) in [6.07, 6.45) is 4.79. The molecule has 5 heteroatoms. The molecular weight excluding hydrogens is 312 g/mol. The first-order chi connectivity index (χ1) is 11.1. The molecule has 2 rings (SSSR count). The van der Waals surface area contributed by atoms with E-state index in [4.69, 9.17) is 22.8 Å². The maximum Gasteiger partial charge on any atom is 0.0900 e. The zero-order valence-corrected chi connectivity index (χ0v) is 14.4. The fourth-order valence-corrected chi connectivity index (χ4v) is 2.82. The number of aliphatic hydroxyl groups is 1. The van der Waals surface area contributed by atoms with Gasteiger partial charge in [-0.1, -0.05) is 29.7 Å². The highest BCUT2D eigenvalue weighted by Crippen LogP contribution is 2.19. The van der Waals surface area contributed by atoms with Crippen LogP contribution in [0.3, 0.4) is 0 Å². The fraction of sp³-hybridized carbons (Fsp3) is 0.556. The van der Waals surface area contributed by atoms with E-state index in [9.17, 15) is 5.11 Å². The fourth-order valence-electron chi connectivity index (χ4n) is 2.70. The Morgan fingerprint density at radius 2 is 1.83 bits per heavy atom. The van der Waals surface area contributed by atoms with Gasteiger partial charge in [0, 0.05) is 37.7 Å². The van der Waals surface area contributed by atoms with Crippen LogP contribution in [0.4, 0.5) is 0 Å². The Balaban J connectivity index is 1.68. The molecule has 0 spiro atoms. The van der Waals surface area contributed by atoms with E-state index in [1.165, 1.54) is 0 Å². The van der Waals surface area contributed by atoms with Crippen LogP contribution in [0.5, 0.6) is 0 Å². The Labute approximate surface area is 144 Å². The molecule has 1 fully saturated rings. The first-order valence-corrected chi connectivity index (χ1v) is 8.39. The van der Waals surface area contributed by atoms with Crippen LogP contribution in [0.25, 0.3) is 0 Å². The van der Waals surface area contributed by atoms with Gasteiger partial charge >= 0.3 is 0 Å². The van der Waals surface area contributed by atoms with Crippen molar-refractivity contribution in [2.45, 2.75) is 19.1 Å². The maximum atomic E-state index is 10.2. The summed E-state index contributed by atoms with van der Waals surface area (Å²) >= 11 is 5.88. The molecule has 2 unspecified atom stereocenters. The lowest BCUT2D eigenvalue weighted by Gasteiger charge is -2.34. The van der Waals surface area contributed by atoms with Gasteiger partial charge in [-0.15, -0.1) is 6.42 Å². The molecule has 1 saturated heterocycles. The summed E-state index contributed by atoms with van der Waals surface area (Å²) in [6.45, 7) is 7.44. The number of rotatable bonds is 7. The number of benzene rings is 1. The van der Waals surface area contributed by atoms with Crippen LogP contribution in [0.1, 0.15) is 18.6 Å². The summed E-state index contributed by atoms with van der Waals surface area (Å²) in [5, 5.41) is 10.9. The van der Waals surface area contributed by atoms with Crippen molar-refractivity contribution >= 4 is 11.6 Å². The van der Waals surface area contributed by atoms with Crippen molar-refractivity contribution in [1.82, 2.24) is 9.80 Å². The van der Waals surface area contributed by atoms with Crippen molar-refractivity contribution in [1.29, 1.82) is 0 Å². The minimum absolute atomic E-state index is 0.0607. The van der Waals surface area contributed by atoms with Gasteiger partial charge in [0.15, 0.2) is 0 Å². The molecule has 1 aromatic rings. The van der Waals surface area contributed by atoms with Crippen LogP contribution in [0.2, 0.25) is 5.02 Å². The highest BCUT2D eigenvalue weighted by Gasteiger charge is 2.19. The van der Waals surface area contributed by atoms with E-state index < -0.39 is 6.10 Å². The number of β-amino-alcohol motifs (C(OH)–C–C–N with tert-alkyl or cyclic N) is 1. The van der Waals surface area contributed by atoms with Crippen LogP contribution in [-0.4, -0.2) is 66.9 Å². The molecule has 0 aromatic heterocycles. The Kier molecular flexibility index (Phi) is 7.35. The number of nitrogens with zero attached hydrogens (tertiary/aromatic N) is 2. The van der Waals surface area contributed by atoms with Crippen molar-refractivity contribution in [3.8, 4) is 12.3 Å². The van der Waals surface area contributed by atoms with E-state index >= 15 is 0 Å². The minimum atomic E-state index is -0.482. The number of hydrogen-bond acceptors (Lipinski definition) is 4. The minimum Gasteiger partial charge on any atom is -0.389 e. The van der Waals surface area contributed by atoms with Crippen LogP contribution >= 0.6 is 11.6 Å². The van der Waals surface area contributed by atoms with E-state index in [0.29, 0.717) is 24.7 Å². The molecule has 1 N–H and O–H groups in total. The highest BCUT2D eigenvalue weighted by atomic mass is 35.5. The van der Waals surface area contributed by atoms with E-state index in [1.807, 2.05) is 31.2 Å². The van der Waals surface area contributed by atoms with Gasteiger partial charge in [-0.3, -0.25) is 9.80 Å². The van der Waals surface area contributed by atoms with Crippen molar-refractivity contribution in [3.05, 3.63) is 34.9 Å². The summed E-state index contributed by atoms with van der Waals surface area (Å²) < 4.78 is 5.77. The van der Waals surface area contributed by atoms with Gasteiger partial charge in [0.2, 0.25) is 0 Å². The van der Waals surface area contributed by atoms with Crippen molar-refractivity contribution in [2.75, 3.05) is 45.9 Å². The third-order valence-electron chi connectivity index (χ3n) is 4.13. The smallest absolute Gasteiger partial charge is 0.0900 e. The molecule has 1 heterocycles. The summed E-state index contributed by atoms with van der Waals surface area (Å²) in [4.78, 5) is 4.51. The van der Waals surface area contributed by atoms with E-state index in [2.05, 4.69) is 15.7 Å². The molecular formula is C18H25ClN2O2. The molecule has 0 saturated carbocycles. The topological polar surface area (TPSA) is 35.9 Å². The average molecular weight is 337 g/mol. The third-order valence-corrected chi connectivity index (χ3v) is 4.38. The molecule has 0 aliphatic carbocycles. The van der Waals surface area contributed by atoms with E-state index in [-0.39, 0.29) is 6.10 Å². The normalized spacial score (nSPS) is 19.2. The molecule has 0 radical (unpaired) electrons. The number of aliphatic hydroxyl groups excluding tert-OH is 1. The number of hydrogen-bond donors (Lipinski definition) is 1. The summed E-state index contributed by atoms with van der Waals surface area (Å²) in [6, 6.07) is 7.60. The van der Waals surface area contributed by atoms with Gasteiger partial charge in [0.25, 0.3) is 0 Å². The standard InChI is InChI=1S/C18H25ClN2O2/c1-3-8-20-9-11-21(12-10-20)13-18(22)14-23-15(2)16-4-6-17(19)7-5-16/h1,4-7,15,18,22H,8-14H2,2H3. The SMILES string of the molecule is C#CCN1CCN(CC(O)COC(C)c2ccc(Cl)cc2)CC1. The molecule has 2 atom stereocenters. The van der Waals surface area contributed by atoms with Crippen LogP contribution < -0.4 is 0 Å². The van der Waals surface area contributed by atoms with Gasteiger partial charge in [-0.05, 0) is 24.6 Å². The molecule has 1 aliphatic heterocycles. The van der Waals surface area contributed by atoms with Crippen molar-refractivity contribution in [3.63, 3.8) is 0 Å². The molecule has 0 amide bonds. The van der Waals surface area contributed by atoms with Gasteiger partial charge in [-0.25, -0.2) is 0 Å². The van der Waals surface area contributed by atoms with Gasteiger partial charge in [0.1, 0.15) is 0 Å².